The zero-order valence-electron chi connectivity index (χ0n) is 31.7. The Balaban J connectivity index is 1.10. The summed E-state index contributed by atoms with van der Waals surface area (Å²) in [6.07, 6.45) is 0. The van der Waals surface area contributed by atoms with Crippen molar-refractivity contribution in [2.24, 2.45) is 0 Å². The first kappa shape index (κ1) is 32.6. The van der Waals surface area contributed by atoms with Gasteiger partial charge in [0, 0.05) is 32.9 Å². The molecule has 0 fully saturated rings. The van der Waals surface area contributed by atoms with Crippen LogP contribution in [0.15, 0.2) is 218 Å². The van der Waals surface area contributed by atoms with Crippen LogP contribution in [0.1, 0.15) is 0 Å². The molecule has 0 saturated heterocycles. The lowest BCUT2D eigenvalue weighted by atomic mass is 9.92. The maximum absolute atomic E-state index is 2.45. The number of rotatable bonds is 5. The fourth-order valence-electron chi connectivity index (χ4n) is 9.42. The van der Waals surface area contributed by atoms with E-state index < -0.39 is 0 Å². The molecule has 2 aromatic heterocycles. The second-order valence-corrected chi connectivity index (χ2v) is 15.3. The van der Waals surface area contributed by atoms with Gasteiger partial charge in [0.25, 0.3) is 0 Å². The molecule has 10 aromatic carbocycles. The van der Waals surface area contributed by atoms with Gasteiger partial charge in [0.2, 0.25) is 0 Å². The molecule has 0 spiro atoms. The maximum atomic E-state index is 2.45. The quantitative estimate of drug-likeness (QED) is 0.156. The van der Waals surface area contributed by atoms with E-state index in [0.29, 0.717) is 0 Å². The van der Waals surface area contributed by atoms with Crippen molar-refractivity contribution in [2.45, 2.75) is 0 Å². The number of para-hydroxylation sites is 3. The van der Waals surface area contributed by atoms with Gasteiger partial charge in [-0.1, -0.05) is 146 Å². The van der Waals surface area contributed by atoms with E-state index in [1.165, 1.54) is 104 Å². The summed E-state index contributed by atoms with van der Waals surface area (Å²) in [5, 5.41) is 10.0. The van der Waals surface area contributed by atoms with E-state index in [4.69, 9.17) is 0 Å². The highest BCUT2D eigenvalue weighted by molar-refractivity contribution is 6.21. The van der Waals surface area contributed by atoms with Gasteiger partial charge in [-0.2, -0.15) is 0 Å². The molecule has 2 nitrogen and oxygen atoms in total. The molecule has 0 aliphatic rings. The summed E-state index contributed by atoms with van der Waals surface area (Å²) >= 11 is 0. The Morgan fingerprint density at radius 1 is 0.224 bits per heavy atom. The van der Waals surface area contributed by atoms with Crippen LogP contribution >= 0.6 is 0 Å². The number of hydrogen-bond donors (Lipinski definition) is 0. The Labute approximate surface area is 336 Å². The monoisotopic (exact) mass is 736 g/mol. The van der Waals surface area contributed by atoms with Gasteiger partial charge >= 0.3 is 0 Å². The van der Waals surface area contributed by atoms with E-state index >= 15 is 0 Å². The predicted octanol–water partition coefficient (Wildman–Crippen LogP) is 15.2. The Kier molecular flexibility index (Phi) is 7.26. The minimum atomic E-state index is 1.15. The first-order valence-electron chi connectivity index (χ1n) is 20.0. The molecule has 0 bridgehead atoms. The van der Waals surface area contributed by atoms with Crippen molar-refractivity contribution in [3.05, 3.63) is 218 Å². The minimum Gasteiger partial charge on any atom is -0.309 e. The third-order valence-corrected chi connectivity index (χ3v) is 12.0. The van der Waals surface area contributed by atoms with Crippen molar-refractivity contribution < 1.29 is 0 Å². The van der Waals surface area contributed by atoms with Crippen LogP contribution in [0.3, 0.4) is 0 Å². The summed E-state index contributed by atoms with van der Waals surface area (Å²) in [5.41, 5.74) is 14.4. The molecule has 2 heteroatoms. The standard InChI is InChI=1S/C56H36N2/c1-4-16-37(17-5-1)40-30-41(38-18-6-2-7-19-38)32-44(31-40)58-54-27-15-12-24-47(54)51-33-39(28-29-55(51)58)49-34-42-35-56-52(36-50(42)46-23-11-10-22-45(46)49)48-25-13-14-26-53(48)57(56)43-20-8-3-9-21-43/h1-36H. The van der Waals surface area contributed by atoms with Crippen LogP contribution in [0, 0.1) is 0 Å². The van der Waals surface area contributed by atoms with E-state index in [0.717, 1.165) is 5.69 Å². The summed E-state index contributed by atoms with van der Waals surface area (Å²) in [6.45, 7) is 0. The molecule has 12 aromatic rings. The number of benzene rings is 10. The number of fused-ring (bicyclic) bond motifs is 9. The Bertz CT molecular complexity index is 3480. The first-order valence-corrected chi connectivity index (χ1v) is 20.0. The molecule has 0 aliphatic heterocycles. The summed E-state index contributed by atoms with van der Waals surface area (Å²) in [5.74, 6) is 0. The predicted molar refractivity (Wildman–Crippen MR) is 246 cm³/mol. The van der Waals surface area contributed by atoms with Crippen LogP contribution in [0.25, 0.3) is 110 Å². The van der Waals surface area contributed by atoms with E-state index in [9.17, 15) is 0 Å². The van der Waals surface area contributed by atoms with Crippen LogP contribution in [0.4, 0.5) is 0 Å². The highest BCUT2D eigenvalue weighted by Crippen LogP contribution is 2.43. The molecule has 58 heavy (non-hydrogen) atoms. The normalized spacial score (nSPS) is 11.8. The molecule has 0 aliphatic carbocycles. The van der Waals surface area contributed by atoms with Crippen LogP contribution in [-0.2, 0) is 0 Å². The van der Waals surface area contributed by atoms with Crippen molar-refractivity contribution in [3.63, 3.8) is 0 Å². The molecule has 0 saturated carbocycles. The molecule has 0 atom stereocenters. The summed E-state index contributed by atoms with van der Waals surface area (Å²) in [6, 6.07) is 80.1. The fourth-order valence-corrected chi connectivity index (χ4v) is 9.42. The first-order chi connectivity index (χ1) is 28.8. The van der Waals surface area contributed by atoms with Crippen LogP contribution < -0.4 is 0 Å². The van der Waals surface area contributed by atoms with Crippen molar-refractivity contribution in [3.8, 4) is 44.8 Å². The van der Waals surface area contributed by atoms with Crippen molar-refractivity contribution in [1.29, 1.82) is 0 Å². The maximum Gasteiger partial charge on any atom is 0.0547 e. The Hall–Kier alpha value is -7.68. The van der Waals surface area contributed by atoms with Gasteiger partial charge in [-0.25, -0.2) is 0 Å². The summed E-state index contributed by atoms with van der Waals surface area (Å²) in [4.78, 5) is 0. The van der Waals surface area contributed by atoms with Gasteiger partial charge in [-0.05, 0) is 128 Å². The molecular formula is C56H36N2. The molecule has 2 heterocycles. The second-order valence-electron chi connectivity index (χ2n) is 15.3. The van der Waals surface area contributed by atoms with Gasteiger partial charge in [0.1, 0.15) is 0 Å². The molecule has 0 amide bonds. The lowest BCUT2D eigenvalue weighted by molar-refractivity contribution is 1.18. The van der Waals surface area contributed by atoms with Gasteiger partial charge in [0.15, 0.2) is 0 Å². The number of aromatic nitrogens is 2. The Morgan fingerprint density at radius 2 is 0.724 bits per heavy atom. The smallest absolute Gasteiger partial charge is 0.0547 e. The van der Waals surface area contributed by atoms with Crippen molar-refractivity contribution >= 4 is 65.2 Å². The van der Waals surface area contributed by atoms with Crippen molar-refractivity contribution in [2.75, 3.05) is 0 Å². The molecule has 270 valence electrons. The van der Waals surface area contributed by atoms with Crippen LogP contribution in [-0.4, -0.2) is 9.13 Å². The topological polar surface area (TPSA) is 9.86 Å². The summed E-state index contributed by atoms with van der Waals surface area (Å²) < 4.78 is 4.86. The molecule has 0 unspecified atom stereocenters. The largest absolute Gasteiger partial charge is 0.309 e. The molecular weight excluding hydrogens is 701 g/mol. The van der Waals surface area contributed by atoms with E-state index in [-0.39, 0.29) is 0 Å². The third kappa shape index (κ3) is 5.05. The van der Waals surface area contributed by atoms with Crippen LogP contribution in [0.2, 0.25) is 0 Å². The minimum absolute atomic E-state index is 1.15. The van der Waals surface area contributed by atoms with E-state index in [2.05, 4.69) is 228 Å². The van der Waals surface area contributed by atoms with E-state index in [1.54, 1.807) is 0 Å². The molecule has 12 rings (SSSR count). The zero-order chi connectivity index (χ0) is 38.2. The summed E-state index contributed by atoms with van der Waals surface area (Å²) in [7, 11) is 0. The van der Waals surface area contributed by atoms with Gasteiger partial charge in [-0.15, -0.1) is 0 Å². The SMILES string of the molecule is c1ccc(-c2cc(-c3ccccc3)cc(-n3c4ccccc4c4cc(-c5cc6cc7c(cc6c6ccccc56)c5ccccc5n7-c5ccccc5)ccc43)c2)cc1. The lowest BCUT2D eigenvalue weighted by Gasteiger charge is -2.15. The average molecular weight is 737 g/mol. The van der Waals surface area contributed by atoms with Crippen LogP contribution in [0.5, 0.6) is 0 Å². The third-order valence-electron chi connectivity index (χ3n) is 12.0. The van der Waals surface area contributed by atoms with Crippen molar-refractivity contribution in [1.82, 2.24) is 9.13 Å². The highest BCUT2D eigenvalue weighted by atomic mass is 15.0. The zero-order valence-corrected chi connectivity index (χ0v) is 31.7. The lowest BCUT2D eigenvalue weighted by Crippen LogP contribution is -1.96. The number of hydrogen-bond acceptors (Lipinski definition) is 0. The van der Waals surface area contributed by atoms with E-state index in [1.807, 2.05) is 0 Å². The van der Waals surface area contributed by atoms with Gasteiger partial charge in [0.05, 0.1) is 22.1 Å². The van der Waals surface area contributed by atoms with Gasteiger partial charge in [-0.3, -0.25) is 0 Å². The second kappa shape index (κ2) is 12.9. The highest BCUT2D eigenvalue weighted by Gasteiger charge is 2.19. The molecule has 0 N–H and O–H groups in total. The fraction of sp³-hybridized carbons (Fsp3) is 0. The van der Waals surface area contributed by atoms with Gasteiger partial charge < -0.3 is 9.13 Å². The average Bonchev–Trinajstić information content (AvgIpc) is 3.81. The number of nitrogens with zero attached hydrogens (tertiary/aromatic N) is 2. The molecule has 0 radical (unpaired) electrons. The Morgan fingerprint density at radius 3 is 1.36 bits per heavy atom.